The van der Waals surface area contributed by atoms with Crippen molar-refractivity contribution in [3.63, 3.8) is 0 Å². The lowest BCUT2D eigenvalue weighted by Crippen LogP contribution is -2.26. The summed E-state index contributed by atoms with van der Waals surface area (Å²) < 4.78 is 1.49. The highest BCUT2D eigenvalue weighted by Gasteiger charge is 2.21. The third kappa shape index (κ3) is 3.64. The summed E-state index contributed by atoms with van der Waals surface area (Å²) in [6, 6.07) is 13.8. The molecule has 3 rings (SSSR count). The molecule has 0 radical (unpaired) electrons. The maximum absolute atomic E-state index is 12.6. The lowest BCUT2D eigenvalue weighted by molar-refractivity contribution is -0.115. The molecule has 0 fully saturated rings. The first-order valence-corrected chi connectivity index (χ1v) is 8.75. The van der Waals surface area contributed by atoms with Gasteiger partial charge in [-0.2, -0.15) is 10.4 Å². The predicted molar refractivity (Wildman–Crippen MR) is 98.2 cm³/mol. The van der Waals surface area contributed by atoms with Crippen LogP contribution in [-0.4, -0.2) is 25.9 Å². The number of aromatic nitrogens is 3. The van der Waals surface area contributed by atoms with Crippen molar-refractivity contribution in [1.29, 1.82) is 5.26 Å². The maximum Gasteiger partial charge on any atom is 0.239 e. The number of benzene rings is 1. The molecule has 1 unspecified atom stereocenters. The predicted octanol–water partition coefficient (Wildman–Crippen LogP) is 3.35. The zero-order chi connectivity index (χ0) is 17.8. The third-order valence-electron chi connectivity index (χ3n) is 3.80. The van der Waals surface area contributed by atoms with Crippen LogP contribution >= 0.6 is 11.8 Å². The van der Waals surface area contributed by atoms with Crippen LogP contribution in [0.25, 0.3) is 10.9 Å². The number of nitrogens with one attached hydrogen (secondary N) is 1. The fourth-order valence-electron chi connectivity index (χ4n) is 2.45. The second-order valence-electron chi connectivity index (χ2n) is 5.49. The highest BCUT2D eigenvalue weighted by atomic mass is 32.2. The summed E-state index contributed by atoms with van der Waals surface area (Å²) in [4.78, 5) is 17.2. The number of para-hydroxylation sites is 1. The van der Waals surface area contributed by atoms with Crippen LogP contribution in [0, 0.1) is 11.3 Å². The van der Waals surface area contributed by atoms with E-state index in [1.807, 2.05) is 49.4 Å². The van der Waals surface area contributed by atoms with Crippen LogP contribution < -0.4 is 5.32 Å². The number of hydrogen-bond acceptors (Lipinski definition) is 5. The van der Waals surface area contributed by atoms with Crippen LogP contribution in [0.4, 0.5) is 5.82 Å². The van der Waals surface area contributed by atoms with Gasteiger partial charge < -0.3 is 5.32 Å². The molecule has 0 spiro atoms. The summed E-state index contributed by atoms with van der Waals surface area (Å²) in [5.41, 5.74) is 1.25. The maximum atomic E-state index is 12.6. The van der Waals surface area contributed by atoms with Crippen molar-refractivity contribution in [1.82, 2.24) is 14.8 Å². The van der Waals surface area contributed by atoms with Crippen molar-refractivity contribution in [2.75, 3.05) is 5.32 Å². The van der Waals surface area contributed by atoms with Crippen LogP contribution in [0.2, 0.25) is 0 Å². The van der Waals surface area contributed by atoms with E-state index in [2.05, 4.69) is 15.4 Å². The van der Waals surface area contributed by atoms with Gasteiger partial charge in [0.15, 0.2) is 0 Å². The largest absolute Gasteiger partial charge is 0.309 e. The lowest BCUT2D eigenvalue weighted by atomic mass is 10.2. The van der Waals surface area contributed by atoms with E-state index < -0.39 is 0 Å². The van der Waals surface area contributed by atoms with E-state index in [1.54, 1.807) is 7.05 Å². The summed E-state index contributed by atoms with van der Waals surface area (Å²) in [7, 11) is 1.69. The van der Waals surface area contributed by atoms with Gasteiger partial charge in [0, 0.05) is 12.4 Å². The SMILES string of the molecule is CCC(Sc1ccc2ccccc2n1)C(=O)Nc1c(C#N)cnn1C. The average molecular weight is 351 g/mol. The van der Waals surface area contributed by atoms with Crippen molar-refractivity contribution in [2.45, 2.75) is 23.6 Å². The van der Waals surface area contributed by atoms with Gasteiger partial charge in [-0.3, -0.25) is 9.48 Å². The highest BCUT2D eigenvalue weighted by molar-refractivity contribution is 8.00. The molecular formula is C18H17N5OS. The van der Waals surface area contributed by atoms with Crippen LogP contribution in [0.15, 0.2) is 47.6 Å². The first-order chi connectivity index (χ1) is 12.1. The Morgan fingerprint density at radius 3 is 2.92 bits per heavy atom. The minimum absolute atomic E-state index is 0.164. The van der Waals surface area contributed by atoms with Crippen molar-refractivity contribution in [3.8, 4) is 6.07 Å². The van der Waals surface area contributed by atoms with E-state index >= 15 is 0 Å². The van der Waals surface area contributed by atoms with E-state index in [9.17, 15) is 4.79 Å². The number of anilines is 1. The topological polar surface area (TPSA) is 83.6 Å². The van der Waals surface area contributed by atoms with Gasteiger partial charge >= 0.3 is 0 Å². The normalized spacial score (nSPS) is 11.9. The standard InChI is InChI=1S/C18H17N5OS/c1-3-15(18(24)22-17-13(10-19)11-20-23(17)2)25-16-9-8-12-6-4-5-7-14(12)21-16/h4-9,11,15H,3H2,1-2H3,(H,22,24). The zero-order valence-electron chi connectivity index (χ0n) is 13.9. The van der Waals surface area contributed by atoms with Crippen molar-refractivity contribution in [3.05, 3.63) is 48.2 Å². The van der Waals surface area contributed by atoms with E-state index in [4.69, 9.17) is 5.26 Å². The number of carbonyl (C=O) groups is 1. The Balaban J connectivity index is 1.78. The number of thioether (sulfide) groups is 1. The zero-order valence-corrected chi connectivity index (χ0v) is 14.7. The Morgan fingerprint density at radius 2 is 2.16 bits per heavy atom. The second kappa shape index (κ2) is 7.36. The Bertz CT molecular complexity index is 959. The summed E-state index contributed by atoms with van der Waals surface area (Å²) >= 11 is 1.42. The molecule has 0 aliphatic rings. The number of amides is 1. The fraction of sp³-hybridized carbons (Fsp3) is 0.222. The minimum Gasteiger partial charge on any atom is -0.309 e. The summed E-state index contributed by atoms with van der Waals surface area (Å²) in [5.74, 6) is 0.251. The Labute approximate surface area is 149 Å². The van der Waals surface area contributed by atoms with Gasteiger partial charge in [0.05, 0.1) is 22.0 Å². The summed E-state index contributed by atoms with van der Waals surface area (Å²) in [6.07, 6.45) is 2.08. The number of nitrogens with zero attached hydrogens (tertiary/aromatic N) is 4. The van der Waals surface area contributed by atoms with Gasteiger partial charge in [-0.05, 0) is 18.6 Å². The molecule has 25 heavy (non-hydrogen) atoms. The molecule has 1 aromatic carbocycles. The van der Waals surface area contributed by atoms with Crippen LogP contribution in [0.3, 0.4) is 0 Å². The molecule has 6 nitrogen and oxygen atoms in total. The number of rotatable bonds is 5. The average Bonchev–Trinajstić information content (AvgIpc) is 2.99. The van der Waals surface area contributed by atoms with Crippen LogP contribution in [0.5, 0.6) is 0 Å². The monoisotopic (exact) mass is 351 g/mol. The number of aryl methyl sites for hydroxylation is 1. The van der Waals surface area contributed by atoms with Gasteiger partial charge in [0.1, 0.15) is 17.5 Å². The van der Waals surface area contributed by atoms with Gasteiger partial charge in [-0.25, -0.2) is 4.98 Å². The number of pyridine rings is 1. The molecule has 1 N–H and O–H groups in total. The first-order valence-electron chi connectivity index (χ1n) is 7.87. The molecule has 1 atom stereocenters. The van der Waals surface area contributed by atoms with Crippen molar-refractivity contribution < 1.29 is 4.79 Å². The Morgan fingerprint density at radius 1 is 1.36 bits per heavy atom. The Hall–Kier alpha value is -2.85. The number of carbonyl (C=O) groups excluding carboxylic acids is 1. The van der Waals surface area contributed by atoms with Crippen LogP contribution in [0.1, 0.15) is 18.9 Å². The Kier molecular flexibility index (Phi) is 5.00. The van der Waals surface area contributed by atoms with Crippen LogP contribution in [-0.2, 0) is 11.8 Å². The summed E-state index contributed by atoms with van der Waals surface area (Å²) in [6.45, 7) is 1.95. The molecule has 7 heteroatoms. The van der Waals surface area contributed by atoms with E-state index in [-0.39, 0.29) is 11.2 Å². The smallest absolute Gasteiger partial charge is 0.239 e. The van der Waals surface area contributed by atoms with Gasteiger partial charge in [-0.1, -0.05) is 43.0 Å². The molecule has 0 saturated heterocycles. The van der Waals surface area contributed by atoms with Gasteiger partial charge in [0.2, 0.25) is 5.91 Å². The molecule has 2 aromatic heterocycles. The van der Waals surface area contributed by atoms with E-state index in [0.717, 1.165) is 15.9 Å². The van der Waals surface area contributed by atoms with E-state index in [1.165, 1.54) is 22.6 Å². The van der Waals surface area contributed by atoms with Gasteiger partial charge in [0.25, 0.3) is 0 Å². The number of fused-ring (bicyclic) bond motifs is 1. The molecule has 0 bridgehead atoms. The number of hydrogen-bond donors (Lipinski definition) is 1. The third-order valence-corrected chi connectivity index (χ3v) is 5.10. The molecule has 126 valence electrons. The quantitative estimate of drug-likeness (QED) is 0.713. The molecule has 2 heterocycles. The van der Waals surface area contributed by atoms with Gasteiger partial charge in [-0.15, -0.1) is 0 Å². The fourth-order valence-corrected chi connectivity index (χ4v) is 3.37. The molecule has 0 aliphatic carbocycles. The lowest BCUT2D eigenvalue weighted by Gasteiger charge is -2.14. The molecule has 3 aromatic rings. The van der Waals surface area contributed by atoms with Crippen molar-refractivity contribution >= 4 is 34.4 Å². The van der Waals surface area contributed by atoms with Crippen molar-refractivity contribution in [2.24, 2.45) is 7.05 Å². The summed E-state index contributed by atoms with van der Waals surface area (Å²) in [5, 5.41) is 17.5. The minimum atomic E-state index is -0.310. The molecule has 1 amide bonds. The molecular weight excluding hydrogens is 334 g/mol. The second-order valence-corrected chi connectivity index (χ2v) is 6.71. The number of nitriles is 1. The highest BCUT2D eigenvalue weighted by Crippen LogP contribution is 2.27. The first kappa shape index (κ1) is 17.0. The molecule has 0 aliphatic heterocycles. The van der Waals surface area contributed by atoms with E-state index in [0.29, 0.717) is 17.8 Å². The molecule has 0 saturated carbocycles.